The number of halogens is 3. The molecule has 0 saturated heterocycles. The van der Waals surface area contributed by atoms with Gasteiger partial charge in [-0.25, -0.2) is 0 Å². The van der Waals surface area contributed by atoms with Crippen LogP contribution < -0.4 is 11.1 Å². The highest BCUT2D eigenvalue weighted by molar-refractivity contribution is 6.36. The van der Waals surface area contributed by atoms with Gasteiger partial charge in [0.15, 0.2) is 0 Å². The molecule has 100 valence electrons. The van der Waals surface area contributed by atoms with E-state index in [1.807, 2.05) is 26.0 Å². The summed E-state index contributed by atoms with van der Waals surface area (Å²) >= 11 is 18.3. The van der Waals surface area contributed by atoms with Crippen LogP contribution in [-0.4, -0.2) is 0 Å². The molecule has 19 heavy (non-hydrogen) atoms. The van der Waals surface area contributed by atoms with Gasteiger partial charge in [0.05, 0.1) is 21.4 Å². The van der Waals surface area contributed by atoms with Crippen molar-refractivity contribution in [3.8, 4) is 0 Å². The lowest BCUT2D eigenvalue weighted by molar-refractivity contribution is 1.41. The fourth-order valence-electron chi connectivity index (χ4n) is 1.73. The molecule has 2 nitrogen and oxygen atoms in total. The molecular formula is C14H13Cl3N2. The van der Waals surface area contributed by atoms with Gasteiger partial charge in [0.2, 0.25) is 0 Å². The monoisotopic (exact) mass is 314 g/mol. The van der Waals surface area contributed by atoms with Crippen LogP contribution in [0.1, 0.15) is 11.1 Å². The summed E-state index contributed by atoms with van der Waals surface area (Å²) in [5, 5.41) is 4.99. The third-order valence-electron chi connectivity index (χ3n) is 2.86. The van der Waals surface area contributed by atoms with Crippen LogP contribution in [0.5, 0.6) is 0 Å². The highest BCUT2D eigenvalue weighted by Crippen LogP contribution is 2.34. The van der Waals surface area contributed by atoms with Crippen LogP contribution in [0.25, 0.3) is 0 Å². The first-order chi connectivity index (χ1) is 8.88. The first kappa shape index (κ1) is 14.3. The average Bonchev–Trinajstić information content (AvgIpc) is 2.32. The number of nitrogen functional groups attached to an aromatic ring is 1. The molecule has 0 fully saturated rings. The number of benzene rings is 2. The quantitative estimate of drug-likeness (QED) is 0.709. The second-order valence-electron chi connectivity index (χ2n) is 4.39. The lowest BCUT2D eigenvalue weighted by Gasteiger charge is -2.14. The van der Waals surface area contributed by atoms with Gasteiger partial charge < -0.3 is 11.1 Å². The molecule has 0 aliphatic carbocycles. The Morgan fingerprint density at radius 1 is 0.789 bits per heavy atom. The summed E-state index contributed by atoms with van der Waals surface area (Å²) in [6.45, 7) is 3.85. The zero-order valence-corrected chi connectivity index (χ0v) is 12.8. The number of hydrogen-bond acceptors (Lipinski definition) is 2. The van der Waals surface area contributed by atoms with E-state index in [-0.39, 0.29) is 0 Å². The largest absolute Gasteiger partial charge is 0.398 e. The van der Waals surface area contributed by atoms with E-state index >= 15 is 0 Å². The predicted octanol–water partition coefficient (Wildman–Crippen LogP) is 5.59. The molecule has 3 N–H and O–H groups in total. The lowest BCUT2D eigenvalue weighted by atomic mass is 10.1. The van der Waals surface area contributed by atoms with E-state index in [0.29, 0.717) is 20.8 Å². The third kappa shape index (κ3) is 3.08. The Balaban J connectivity index is 2.42. The molecule has 0 saturated carbocycles. The molecule has 5 heteroatoms. The number of nitrogens with two attached hydrogens (primary N) is 1. The fraction of sp³-hybridized carbons (Fsp3) is 0.143. The zero-order valence-electron chi connectivity index (χ0n) is 10.5. The summed E-state index contributed by atoms with van der Waals surface area (Å²) in [7, 11) is 0. The fourth-order valence-corrected chi connectivity index (χ4v) is 2.32. The third-order valence-corrected chi connectivity index (χ3v) is 3.91. The Bertz CT molecular complexity index is 584. The predicted molar refractivity (Wildman–Crippen MR) is 85.1 cm³/mol. The van der Waals surface area contributed by atoms with Crippen molar-refractivity contribution in [2.75, 3.05) is 11.1 Å². The minimum Gasteiger partial charge on any atom is -0.398 e. The smallest absolute Gasteiger partial charge is 0.0656 e. The number of anilines is 3. The maximum absolute atomic E-state index is 6.20. The summed E-state index contributed by atoms with van der Waals surface area (Å²) in [4.78, 5) is 0. The van der Waals surface area contributed by atoms with Gasteiger partial charge in [0.25, 0.3) is 0 Å². The molecule has 0 bridgehead atoms. The molecule has 2 aromatic rings. The van der Waals surface area contributed by atoms with Crippen molar-refractivity contribution in [1.82, 2.24) is 0 Å². The van der Waals surface area contributed by atoms with E-state index in [4.69, 9.17) is 40.5 Å². The second-order valence-corrected chi connectivity index (χ2v) is 5.62. The van der Waals surface area contributed by atoms with E-state index < -0.39 is 0 Å². The molecule has 0 radical (unpaired) electrons. The average molecular weight is 316 g/mol. The minimum atomic E-state index is 0.502. The first-order valence-electron chi connectivity index (χ1n) is 5.67. The Morgan fingerprint density at radius 3 is 2.11 bits per heavy atom. The summed E-state index contributed by atoms with van der Waals surface area (Å²) in [5.74, 6) is 0. The van der Waals surface area contributed by atoms with E-state index in [0.717, 1.165) is 22.5 Å². The molecule has 0 unspecified atom stereocenters. The van der Waals surface area contributed by atoms with Crippen molar-refractivity contribution in [2.24, 2.45) is 0 Å². The summed E-state index contributed by atoms with van der Waals surface area (Å²) in [6.07, 6.45) is 0. The minimum absolute atomic E-state index is 0.502. The van der Waals surface area contributed by atoms with Crippen LogP contribution in [0.3, 0.4) is 0 Å². The van der Waals surface area contributed by atoms with Gasteiger partial charge in [-0.3, -0.25) is 0 Å². The maximum atomic E-state index is 6.20. The van der Waals surface area contributed by atoms with E-state index in [2.05, 4.69) is 5.32 Å². The van der Waals surface area contributed by atoms with Crippen molar-refractivity contribution in [2.45, 2.75) is 13.8 Å². The molecule has 0 aliphatic heterocycles. The topological polar surface area (TPSA) is 38.0 Å². The number of rotatable bonds is 2. The van der Waals surface area contributed by atoms with Crippen molar-refractivity contribution < 1.29 is 0 Å². The Labute approximate surface area is 127 Å². The normalized spacial score (nSPS) is 10.6. The van der Waals surface area contributed by atoms with Gasteiger partial charge in [-0.1, -0.05) is 34.8 Å². The van der Waals surface area contributed by atoms with E-state index in [9.17, 15) is 0 Å². The van der Waals surface area contributed by atoms with Crippen molar-refractivity contribution in [3.63, 3.8) is 0 Å². The van der Waals surface area contributed by atoms with E-state index in [1.54, 1.807) is 12.1 Å². The van der Waals surface area contributed by atoms with Gasteiger partial charge in [-0.05, 0) is 49.2 Å². The first-order valence-corrected chi connectivity index (χ1v) is 6.80. The Hall–Kier alpha value is -1.09. The molecule has 0 aromatic heterocycles. The highest BCUT2D eigenvalue weighted by Gasteiger charge is 2.08. The van der Waals surface area contributed by atoms with Crippen molar-refractivity contribution in [3.05, 3.63) is 50.5 Å². The molecule has 0 atom stereocenters. The number of hydrogen-bond donors (Lipinski definition) is 2. The van der Waals surface area contributed by atoms with Crippen molar-refractivity contribution >= 4 is 51.9 Å². The second kappa shape index (κ2) is 5.49. The van der Waals surface area contributed by atoms with Crippen LogP contribution in [0.15, 0.2) is 24.3 Å². The maximum Gasteiger partial charge on any atom is 0.0656 e. The van der Waals surface area contributed by atoms with Crippen LogP contribution >= 0.6 is 34.8 Å². The molecule has 0 spiro atoms. The molecule has 0 heterocycles. The van der Waals surface area contributed by atoms with Crippen LogP contribution in [-0.2, 0) is 0 Å². The van der Waals surface area contributed by atoms with E-state index in [1.165, 1.54) is 0 Å². The Morgan fingerprint density at radius 2 is 1.42 bits per heavy atom. The van der Waals surface area contributed by atoms with Gasteiger partial charge in [0.1, 0.15) is 0 Å². The molecule has 2 rings (SSSR count). The molecular weight excluding hydrogens is 303 g/mol. The van der Waals surface area contributed by atoms with Crippen LogP contribution in [0.2, 0.25) is 15.1 Å². The zero-order chi connectivity index (χ0) is 14.2. The summed E-state index contributed by atoms with van der Waals surface area (Å²) in [6, 6.07) is 7.20. The standard InChI is InChI=1S/C14H13Cl3N2/c1-7-3-11(17)14(5-9(7)15)19-13-6-10(16)12(18)4-8(13)2/h3-6,19H,18H2,1-2H3. The van der Waals surface area contributed by atoms with Gasteiger partial charge in [-0.2, -0.15) is 0 Å². The highest BCUT2D eigenvalue weighted by atomic mass is 35.5. The SMILES string of the molecule is Cc1cc(Cl)c(Nc2cc(Cl)c(N)cc2C)cc1Cl. The molecule has 0 aliphatic rings. The van der Waals surface area contributed by atoms with Gasteiger partial charge in [-0.15, -0.1) is 0 Å². The van der Waals surface area contributed by atoms with Crippen LogP contribution in [0, 0.1) is 13.8 Å². The molecule has 2 aromatic carbocycles. The van der Waals surface area contributed by atoms with Gasteiger partial charge in [0, 0.05) is 10.7 Å². The summed E-state index contributed by atoms with van der Waals surface area (Å²) < 4.78 is 0. The summed E-state index contributed by atoms with van der Waals surface area (Å²) in [5.41, 5.74) is 9.80. The number of nitrogens with one attached hydrogen (secondary N) is 1. The lowest BCUT2D eigenvalue weighted by Crippen LogP contribution is -1.97. The van der Waals surface area contributed by atoms with Gasteiger partial charge >= 0.3 is 0 Å². The van der Waals surface area contributed by atoms with Crippen molar-refractivity contribution in [1.29, 1.82) is 0 Å². The Kier molecular flexibility index (Phi) is 4.14. The van der Waals surface area contributed by atoms with Crippen LogP contribution in [0.4, 0.5) is 17.1 Å². The number of aryl methyl sites for hydroxylation is 2. The molecule has 0 amide bonds.